The molecule has 0 heterocycles. The van der Waals surface area contributed by atoms with Crippen LogP contribution in [0.2, 0.25) is 0 Å². The van der Waals surface area contributed by atoms with Crippen LogP contribution in [0.4, 0.5) is 0 Å². The Hall–Kier alpha value is -1.10. The molecule has 1 rings (SSSR count). The minimum Gasteiger partial charge on any atom is -0.467 e. The van der Waals surface area contributed by atoms with Crippen LogP contribution in [-0.2, 0) is 14.3 Å². The molecule has 0 aliphatic heterocycles. The second-order valence-electron chi connectivity index (χ2n) is 5.03. The fourth-order valence-electron chi connectivity index (χ4n) is 1.73. The Kier molecular flexibility index (Phi) is 6.12. The van der Waals surface area contributed by atoms with Gasteiger partial charge in [0, 0.05) is 0 Å². The van der Waals surface area contributed by atoms with E-state index in [1.54, 1.807) is 0 Å². The van der Waals surface area contributed by atoms with E-state index in [-0.39, 0.29) is 24.3 Å². The Labute approximate surface area is 109 Å². The summed E-state index contributed by atoms with van der Waals surface area (Å²) in [6.07, 6.45) is 3.33. The van der Waals surface area contributed by atoms with Gasteiger partial charge in [0.2, 0.25) is 5.91 Å². The van der Waals surface area contributed by atoms with E-state index in [4.69, 9.17) is 4.74 Å². The van der Waals surface area contributed by atoms with E-state index in [2.05, 4.69) is 10.6 Å². The van der Waals surface area contributed by atoms with Crippen molar-refractivity contribution >= 4 is 11.9 Å². The maximum absolute atomic E-state index is 11.7. The number of hydrogen-bond donors (Lipinski definition) is 2. The minimum atomic E-state index is -0.546. The summed E-state index contributed by atoms with van der Waals surface area (Å²) in [5.41, 5.74) is 0. The van der Waals surface area contributed by atoms with E-state index < -0.39 is 6.04 Å². The number of carbonyl (C=O) groups excluding carboxylic acids is 2. The highest BCUT2D eigenvalue weighted by Gasteiger charge is 2.26. The molecule has 1 fully saturated rings. The van der Waals surface area contributed by atoms with Gasteiger partial charge >= 0.3 is 5.97 Å². The van der Waals surface area contributed by atoms with Crippen LogP contribution < -0.4 is 10.6 Å². The average Bonchev–Trinajstić information content (AvgIpc) is 3.18. The van der Waals surface area contributed by atoms with Gasteiger partial charge in [0.05, 0.1) is 13.7 Å². The highest BCUT2D eigenvalue weighted by molar-refractivity contribution is 5.85. The summed E-state index contributed by atoms with van der Waals surface area (Å²) in [6.45, 7) is 5.07. The van der Waals surface area contributed by atoms with Gasteiger partial charge in [-0.25, -0.2) is 4.79 Å². The summed E-state index contributed by atoms with van der Waals surface area (Å²) in [5, 5.41) is 5.84. The maximum atomic E-state index is 11.7. The summed E-state index contributed by atoms with van der Waals surface area (Å²) in [7, 11) is 1.34. The van der Waals surface area contributed by atoms with Crippen molar-refractivity contribution in [1.82, 2.24) is 10.6 Å². The molecule has 1 aliphatic carbocycles. The fraction of sp³-hybridized carbons (Fsp3) is 0.846. The summed E-state index contributed by atoms with van der Waals surface area (Å²) in [5.74, 6) is 0.292. The zero-order valence-corrected chi connectivity index (χ0v) is 11.5. The van der Waals surface area contributed by atoms with Crippen molar-refractivity contribution in [2.75, 3.05) is 20.2 Å². The molecule has 1 amide bonds. The first-order valence-corrected chi connectivity index (χ1v) is 6.66. The number of esters is 1. The number of hydrogen-bond acceptors (Lipinski definition) is 4. The SMILES string of the molecule is CC[C@H](C)[C@H](NC(=O)CNCC1CC1)C(=O)OC. The van der Waals surface area contributed by atoms with E-state index in [1.807, 2.05) is 13.8 Å². The molecule has 1 saturated carbocycles. The summed E-state index contributed by atoms with van der Waals surface area (Å²) in [4.78, 5) is 23.3. The Bertz CT molecular complexity index is 290. The molecule has 5 nitrogen and oxygen atoms in total. The molecule has 2 atom stereocenters. The minimum absolute atomic E-state index is 0.0739. The second-order valence-corrected chi connectivity index (χ2v) is 5.03. The number of amides is 1. The maximum Gasteiger partial charge on any atom is 0.328 e. The van der Waals surface area contributed by atoms with Crippen LogP contribution in [0, 0.1) is 11.8 Å². The molecule has 0 unspecified atom stereocenters. The number of rotatable bonds is 8. The van der Waals surface area contributed by atoms with Crippen molar-refractivity contribution in [3.8, 4) is 0 Å². The van der Waals surface area contributed by atoms with Gasteiger partial charge in [0.1, 0.15) is 6.04 Å². The Balaban J connectivity index is 2.32. The molecule has 2 N–H and O–H groups in total. The third-order valence-electron chi connectivity index (χ3n) is 3.40. The number of ether oxygens (including phenoxy) is 1. The van der Waals surface area contributed by atoms with Crippen LogP contribution in [0.5, 0.6) is 0 Å². The molecule has 1 aliphatic rings. The molecular formula is C13H24N2O3. The van der Waals surface area contributed by atoms with E-state index >= 15 is 0 Å². The van der Waals surface area contributed by atoms with Gasteiger partial charge in [-0.15, -0.1) is 0 Å². The Morgan fingerprint density at radius 1 is 1.39 bits per heavy atom. The molecule has 18 heavy (non-hydrogen) atoms. The van der Waals surface area contributed by atoms with Crippen molar-refractivity contribution < 1.29 is 14.3 Å². The van der Waals surface area contributed by atoms with Crippen LogP contribution in [-0.4, -0.2) is 38.1 Å². The van der Waals surface area contributed by atoms with Crippen LogP contribution in [0.15, 0.2) is 0 Å². The predicted octanol–water partition coefficient (Wildman–Crippen LogP) is 0.690. The third kappa shape index (κ3) is 5.04. The van der Waals surface area contributed by atoms with Gasteiger partial charge in [0.15, 0.2) is 0 Å². The van der Waals surface area contributed by atoms with Crippen LogP contribution >= 0.6 is 0 Å². The highest BCUT2D eigenvalue weighted by atomic mass is 16.5. The van der Waals surface area contributed by atoms with Crippen molar-refractivity contribution in [2.45, 2.75) is 39.2 Å². The first-order valence-electron chi connectivity index (χ1n) is 6.66. The first kappa shape index (κ1) is 15.0. The number of nitrogens with one attached hydrogen (secondary N) is 2. The van der Waals surface area contributed by atoms with E-state index in [1.165, 1.54) is 20.0 Å². The summed E-state index contributed by atoms with van der Waals surface area (Å²) in [6, 6.07) is -0.546. The van der Waals surface area contributed by atoms with Gasteiger partial charge in [-0.1, -0.05) is 20.3 Å². The molecular weight excluding hydrogens is 232 g/mol. The molecule has 0 bridgehead atoms. The molecule has 104 valence electrons. The first-order chi connectivity index (χ1) is 8.58. The van der Waals surface area contributed by atoms with E-state index in [0.717, 1.165) is 18.9 Å². The molecule has 0 saturated heterocycles. The smallest absolute Gasteiger partial charge is 0.328 e. The van der Waals surface area contributed by atoms with Crippen molar-refractivity contribution in [3.05, 3.63) is 0 Å². The Morgan fingerprint density at radius 3 is 2.56 bits per heavy atom. The van der Waals surface area contributed by atoms with Gasteiger partial charge in [-0.3, -0.25) is 4.79 Å². The van der Waals surface area contributed by atoms with Crippen LogP contribution in [0.1, 0.15) is 33.1 Å². The Morgan fingerprint density at radius 2 is 2.06 bits per heavy atom. The van der Waals surface area contributed by atoms with Gasteiger partial charge in [-0.2, -0.15) is 0 Å². The fourth-order valence-corrected chi connectivity index (χ4v) is 1.73. The van der Waals surface area contributed by atoms with E-state index in [0.29, 0.717) is 0 Å². The van der Waals surface area contributed by atoms with Crippen molar-refractivity contribution in [3.63, 3.8) is 0 Å². The van der Waals surface area contributed by atoms with Gasteiger partial charge < -0.3 is 15.4 Å². The van der Waals surface area contributed by atoms with Crippen LogP contribution in [0.25, 0.3) is 0 Å². The normalized spacial score (nSPS) is 17.9. The molecule has 0 aromatic rings. The quantitative estimate of drug-likeness (QED) is 0.627. The number of methoxy groups -OCH3 is 1. The second kappa shape index (κ2) is 7.36. The largest absolute Gasteiger partial charge is 0.467 e. The van der Waals surface area contributed by atoms with Crippen LogP contribution in [0.3, 0.4) is 0 Å². The van der Waals surface area contributed by atoms with Crippen molar-refractivity contribution in [1.29, 1.82) is 0 Å². The molecule has 0 aromatic carbocycles. The lowest BCUT2D eigenvalue weighted by Gasteiger charge is -2.21. The summed E-state index contributed by atoms with van der Waals surface area (Å²) >= 11 is 0. The zero-order valence-electron chi connectivity index (χ0n) is 11.5. The highest BCUT2D eigenvalue weighted by Crippen LogP contribution is 2.27. The third-order valence-corrected chi connectivity index (χ3v) is 3.40. The average molecular weight is 256 g/mol. The molecule has 0 radical (unpaired) electrons. The monoisotopic (exact) mass is 256 g/mol. The standard InChI is InChI=1S/C13H24N2O3/c1-4-9(2)12(13(17)18-3)15-11(16)8-14-7-10-5-6-10/h9-10,12,14H,4-8H2,1-3H3,(H,15,16)/t9-,12-/m0/s1. The lowest BCUT2D eigenvalue weighted by atomic mass is 9.99. The topological polar surface area (TPSA) is 67.4 Å². The van der Waals surface area contributed by atoms with Gasteiger partial charge in [-0.05, 0) is 31.2 Å². The molecule has 5 heteroatoms. The van der Waals surface area contributed by atoms with E-state index in [9.17, 15) is 9.59 Å². The van der Waals surface area contributed by atoms with Crippen molar-refractivity contribution in [2.24, 2.45) is 11.8 Å². The lowest BCUT2D eigenvalue weighted by molar-refractivity contribution is -0.146. The molecule has 0 aromatic heterocycles. The summed E-state index contributed by atoms with van der Waals surface area (Å²) < 4.78 is 4.71. The van der Waals surface area contributed by atoms with Gasteiger partial charge in [0.25, 0.3) is 0 Å². The molecule has 0 spiro atoms. The number of carbonyl (C=O) groups is 2. The zero-order chi connectivity index (χ0) is 13.5. The lowest BCUT2D eigenvalue weighted by Crippen LogP contribution is -2.48. The predicted molar refractivity (Wildman–Crippen MR) is 69.0 cm³/mol.